The third-order valence-electron chi connectivity index (χ3n) is 3.35. The van der Waals surface area contributed by atoms with E-state index < -0.39 is 0 Å². The molecule has 3 heteroatoms. The van der Waals surface area contributed by atoms with Crippen molar-refractivity contribution in [2.24, 2.45) is 0 Å². The molecule has 2 rings (SSSR count). The van der Waals surface area contributed by atoms with Crippen LogP contribution in [0.5, 0.6) is 5.75 Å². The molecule has 0 bridgehead atoms. The fourth-order valence-electron chi connectivity index (χ4n) is 2.35. The van der Waals surface area contributed by atoms with Gasteiger partial charge in [-0.15, -0.1) is 0 Å². The Labute approximate surface area is 125 Å². The first-order valence-corrected chi connectivity index (χ1v) is 7.31. The quantitative estimate of drug-likeness (QED) is 0.843. The van der Waals surface area contributed by atoms with E-state index in [4.69, 9.17) is 11.6 Å². The molecule has 106 valence electrons. The number of likely N-dealkylation sites (N-methyl/N-ethyl adjacent to an activating group) is 1. The second-order valence-electron chi connectivity index (χ2n) is 4.93. The predicted octanol–water partition coefficient (Wildman–Crippen LogP) is 3.98. The van der Waals surface area contributed by atoms with Crippen LogP contribution in [0, 0.1) is 0 Å². The van der Waals surface area contributed by atoms with Gasteiger partial charge in [0.15, 0.2) is 0 Å². The highest BCUT2D eigenvalue weighted by Gasteiger charge is 2.12. The molecule has 2 aromatic carbocycles. The molecular formula is C17H20ClNO. The summed E-state index contributed by atoms with van der Waals surface area (Å²) in [6.07, 6.45) is 0.877. The Morgan fingerprint density at radius 3 is 2.65 bits per heavy atom. The zero-order chi connectivity index (χ0) is 14.4. The molecule has 0 fully saturated rings. The summed E-state index contributed by atoms with van der Waals surface area (Å²) >= 11 is 6.09. The van der Waals surface area contributed by atoms with Crippen LogP contribution in [-0.2, 0) is 6.42 Å². The van der Waals surface area contributed by atoms with Crippen LogP contribution in [0.3, 0.4) is 0 Å². The molecule has 0 aromatic heterocycles. The predicted molar refractivity (Wildman–Crippen MR) is 84.5 cm³/mol. The summed E-state index contributed by atoms with van der Waals surface area (Å²) in [5.74, 6) is 0.659. The second kappa shape index (κ2) is 7.32. The Morgan fingerprint density at radius 2 is 1.95 bits per heavy atom. The van der Waals surface area contributed by atoms with Crippen LogP contribution in [0.15, 0.2) is 48.5 Å². The number of hydrogen-bond acceptors (Lipinski definition) is 2. The lowest BCUT2D eigenvalue weighted by molar-refractivity contribution is 0.474. The average molecular weight is 290 g/mol. The first kappa shape index (κ1) is 14.9. The minimum absolute atomic E-state index is 0.316. The van der Waals surface area contributed by atoms with Crippen LogP contribution in [0.4, 0.5) is 0 Å². The number of hydrogen-bond donors (Lipinski definition) is 2. The standard InChI is InChI=1S/C17H20ClNO/c1-2-19-12-15(14-6-4-7-16(18)11-14)9-13-5-3-8-17(20)10-13/h3-8,10-11,15,19-20H,2,9,12H2,1H3. The normalized spacial score (nSPS) is 12.3. The van der Waals surface area contributed by atoms with Gasteiger partial charge in [-0.3, -0.25) is 0 Å². The fourth-order valence-corrected chi connectivity index (χ4v) is 2.55. The third kappa shape index (κ3) is 4.26. The van der Waals surface area contributed by atoms with E-state index in [2.05, 4.69) is 18.3 Å². The molecule has 0 saturated carbocycles. The van der Waals surface area contributed by atoms with Gasteiger partial charge < -0.3 is 10.4 Å². The molecule has 0 aliphatic carbocycles. The number of aromatic hydroxyl groups is 1. The van der Waals surface area contributed by atoms with Crippen molar-refractivity contribution < 1.29 is 5.11 Å². The summed E-state index contributed by atoms with van der Waals surface area (Å²) in [6, 6.07) is 15.5. The van der Waals surface area contributed by atoms with E-state index in [1.54, 1.807) is 6.07 Å². The van der Waals surface area contributed by atoms with Crippen molar-refractivity contribution in [1.29, 1.82) is 0 Å². The molecular weight excluding hydrogens is 270 g/mol. The topological polar surface area (TPSA) is 32.3 Å². The first-order valence-electron chi connectivity index (χ1n) is 6.93. The molecule has 1 atom stereocenters. The van der Waals surface area contributed by atoms with Crippen molar-refractivity contribution in [3.05, 3.63) is 64.7 Å². The summed E-state index contributed by atoms with van der Waals surface area (Å²) in [7, 11) is 0. The first-order chi connectivity index (χ1) is 9.69. The molecule has 0 aliphatic heterocycles. The van der Waals surface area contributed by atoms with Gasteiger partial charge in [-0.1, -0.05) is 42.8 Å². The molecule has 0 saturated heterocycles. The molecule has 20 heavy (non-hydrogen) atoms. The van der Waals surface area contributed by atoms with Crippen molar-refractivity contribution >= 4 is 11.6 Å². The SMILES string of the molecule is CCNCC(Cc1cccc(O)c1)c1cccc(Cl)c1. The lowest BCUT2D eigenvalue weighted by Crippen LogP contribution is -2.22. The Bertz CT molecular complexity index is 556. The van der Waals surface area contributed by atoms with Crippen molar-refractivity contribution in [3.63, 3.8) is 0 Å². The van der Waals surface area contributed by atoms with Crippen LogP contribution in [0.2, 0.25) is 5.02 Å². The van der Waals surface area contributed by atoms with Gasteiger partial charge in [0.05, 0.1) is 0 Å². The van der Waals surface area contributed by atoms with Gasteiger partial charge in [-0.25, -0.2) is 0 Å². The van der Waals surface area contributed by atoms with Gasteiger partial charge in [0.25, 0.3) is 0 Å². The lowest BCUT2D eigenvalue weighted by Gasteiger charge is -2.18. The molecule has 0 aliphatic rings. The third-order valence-corrected chi connectivity index (χ3v) is 3.59. The maximum absolute atomic E-state index is 9.58. The van der Waals surface area contributed by atoms with Crippen LogP contribution in [0.25, 0.3) is 0 Å². The van der Waals surface area contributed by atoms with Gasteiger partial charge in [0, 0.05) is 17.5 Å². The van der Waals surface area contributed by atoms with Gasteiger partial charge in [-0.05, 0) is 48.4 Å². The molecule has 0 heterocycles. The van der Waals surface area contributed by atoms with Crippen LogP contribution < -0.4 is 5.32 Å². The number of benzene rings is 2. The van der Waals surface area contributed by atoms with E-state index in [9.17, 15) is 5.11 Å². The Balaban J connectivity index is 2.19. The summed E-state index contributed by atoms with van der Waals surface area (Å²) in [6.45, 7) is 3.94. The maximum atomic E-state index is 9.58. The van der Waals surface area contributed by atoms with E-state index in [0.717, 1.165) is 30.1 Å². The molecule has 1 unspecified atom stereocenters. The smallest absolute Gasteiger partial charge is 0.115 e. The molecule has 0 spiro atoms. The second-order valence-corrected chi connectivity index (χ2v) is 5.37. The number of phenolic OH excluding ortho intramolecular Hbond substituents is 1. The fraction of sp³-hybridized carbons (Fsp3) is 0.294. The monoisotopic (exact) mass is 289 g/mol. The molecule has 2 aromatic rings. The maximum Gasteiger partial charge on any atom is 0.115 e. The number of nitrogens with one attached hydrogen (secondary N) is 1. The molecule has 2 N–H and O–H groups in total. The highest BCUT2D eigenvalue weighted by molar-refractivity contribution is 6.30. The van der Waals surface area contributed by atoms with Gasteiger partial charge in [-0.2, -0.15) is 0 Å². The minimum atomic E-state index is 0.316. The van der Waals surface area contributed by atoms with Crippen LogP contribution in [0.1, 0.15) is 24.0 Å². The van der Waals surface area contributed by atoms with Crippen molar-refractivity contribution in [2.75, 3.05) is 13.1 Å². The average Bonchev–Trinajstić information content (AvgIpc) is 2.43. The van der Waals surface area contributed by atoms with Crippen molar-refractivity contribution in [1.82, 2.24) is 5.32 Å². The van der Waals surface area contributed by atoms with Gasteiger partial charge in [0.2, 0.25) is 0 Å². The van der Waals surface area contributed by atoms with Crippen molar-refractivity contribution in [2.45, 2.75) is 19.3 Å². The van der Waals surface area contributed by atoms with E-state index in [-0.39, 0.29) is 0 Å². The van der Waals surface area contributed by atoms with Gasteiger partial charge in [0.1, 0.15) is 5.75 Å². The van der Waals surface area contributed by atoms with Gasteiger partial charge >= 0.3 is 0 Å². The Kier molecular flexibility index (Phi) is 5.45. The number of halogens is 1. The van der Waals surface area contributed by atoms with Crippen molar-refractivity contribution in [3.8, 4) is 5.75 Å². The highest BCUT2D eigenvalue weighted by atomic mass is 35.5. The summed E-state index contributed by atoms with van der Waals surface area (Å²) in [5, 5.41) is 13.7. The molecule has 0 radical (unpaired) electrons. The largest absolute Gasteiger partial charge is 0.508 e. The minimum Gasteiger partial charge on any atom is -0.508 e. The zero-order valence-electron chi connectivity index (χ0n) is 11.6. The van der Waals surface area contributed by atoms with Crippen LogP contribution >= 0.6 is 11.6 Å². The summed E-state index contributed by atoms with van der Waals surface area (Å²) in [5.41, 5.74) is 2.36. The summed E-state index contributed by atoms with van der Waals surface area (Å²) in [4.78, 5) is 0. The molecule has 0 amide bonds. The number of phenols is 1. The molecule has 2 nitrogen and oxygen atoms in total. The van der Waals surface area contributed by atoms with E-state index in [0.29, 0.717) is 11.7 Å². The zero-order valence-corrected chi connectivity index (χ0v) is 12.4. The summed E-state index contributed by atoms with van der Waals surface area (Å²) < 4.78 is 0. The van der Waals surface area contributed by atoms with E-state index >= 15 is 0 Å². The number of rotatable bonds is 6. The Hall–Kier alpha value is -1.51. The van der Waals surface area contributed by atoms with E-state index in [1.807, 2.05) is 36.4 Å². The lowest BCUT2D eigenvalue weighted by atomic mass is 9.92. The van der Waals surface area contributed by atoms with E-state index in [1.165, 1.54) is 5.56 Å². The Morgan fingerprint density at radius 1 is 1.15 bits per heavy atom. The highest BCUT2D eigenvalue weighted by Crippen LogP contribution is 2.24. The van der Waals surface area contributed by atoms with Crippen LogP contribution in [-0.4, -0.2) is 18.2 Å².